The third-order valence-electron chi connectivity index (χ3n) is 2.37. The van der Waals surface area contributed by atoms with Crippen molar-refractivity contribution in [2.45, 2.75) is 32.2 Å². The van der Waals surface area contributed by atoms with Crippen LogP contribution in [0.5, 0.6) is 0 Å². The number of carbonyl (C=O) groups is 1. The minimum atomic E-state index is -0.817. The number of nitrogens with zero attached hydrogens (tertiary/aromatic N) is 4. The zero-order chi connectivity index (χ0) is 10.1. The second-order valence-electron chi connectivity index (χ2n) is 3.73. The van der Waals surface area contributed by atoms with E-state index < -0.39 is 11.9 Å². The van der Waals surface area contributed by atoms with Crippen molar-refractivity contribution < 1.29 is 9.90 Å². The highest BCUT2D eigenvalue weighted by Gasteiger charge is 2.30. The van der Waals surface area contributed by atoms with Gasteiger partial charge in [-0.1, -0.05) is 6.92 Å². The van der Waals surface area contributed by atoms with E-state index >= 15 is 0 Å². The Bertz CT molecular complexity index is 345. The largest absolute Gasteiger partial charge is 0.481 e. The Labute approximate surface area is 80.9 Å². The zero-order valence-corrected chi connectivity index (χ0v) is 7.92. The minimum absolute atomic E-state index is 0.355. The van der Waals surface area contributed by atoms with Crippen LogP contribution < -0.4 is 0 Å². The maximum Gasteiger partial charge on any atom is 0.308 e. The van der Waals surface area contributed by atoms with E-state index in [1.165, 1.54) is 0 Å². The molecule has 6 heteroatoms. The van der Waals surface area contributed by atoms with Gasteiger partial charge in [0, 0.05) is 5.92 Å². The van der Waals surface area contributed by atoms with Crippen LogP contribution in [0.2, 0.25) is 0 Å². The molecule has 1 saturated carbocycles. The highest BCUT2D eigenvalue weighted by atomic mass is 16.4. The summed E-state index contributed by atoms with van der Waals surface area (Å²) in [6.07, 6.45) is 2.23. The topological polar surface area (TPSA) is 80.9 Å². The number of aromatic nitrogens is 4. The van der Waals surface area contributed by atoms with Gasteiger partial charge in [-0.3, -0.25) is 4.79 Å². The lowest BCUT2D eigenvalue weighted by atomic mass is 10.2. The molecular formula is C8H12N4O2. The van der Waals surface area contributed by atoms with E-state index in [9.17, 15) is 4.79 Å². The van der Waals surface area contributed by atoms with Gasteiger partial charge in [0.15, 0.2) is 5.82 Å². The summed E-state index contributed by atoms with van der Waals surface area (Å²) >= 11 is 0. The van der Waals surface area contributed by atoms with Gasteiger partial charge in [0.1, 0.15) is 0 Å². The van der Waals surface area contributed by atoms with Crippen molar-refractivity contribution in [3.63, 3.8) is 0 Å². The van der Waals surface area contributed by atoms with Crippen LogP contribution in [-0.2, 0) is 11.3 Å². The highest BCUT2D eigenvalue weighted by Crippen LogP contribution is 2.38. The van der Waals surface area contributed by atoms with Crippen LogP contribution in [-0.4, -0.2) is 31.3 Å². The Morgan fingerprint density at radius 2 is 2.43 bits per heavy atom. The Balaban J connectivity index is 2.08. The van der Waals surface area contributed by atoms with Gasteiger partial charge in [0.05, 0.1) is 12.5 Å². The maximum absolute atomic E-state index is 10.6. The van der Waals surface area contributed by atoms with Gasteiger partial charge in [-0.25, -0.2) is 4.68 Å². The summed E-state index contributed by atoms with van der Waals surface area (Å²) in [6.45, 7) is 2.01. The summed E-state index contributed by atoms with van der Waals surface area (Å²) in [4.78, 5) is 10.6. The smallest absolute Gasteiger partial charge is 0.308 e. The molecule has 0 aliphatic heterocycles. The lowest BCUT2D eigenvalue weighted by Gasteiger charge is -2.06. The fraction of sp³-hybridized carbons (Fsp3) is 0.750. The third kappa shape index (κ3) is 1.73. The number of aliphatic carboxylic acids is 1. The van der Waals surface area contributed by atoms with Crippen LogP contribution in [0.3, 0.4) is 0 Å². The van der Waals surface area contributed by atoms with Crippen molar-refractivity contribution in [2.75, 3.05) is 0 Å². The molecule has 1 aliphatic carbocycles. The number of tetrazole rings is 1. The van der Waals surface area contributed by atoms with Crippen LogP contribution in [0.1, 0.15) is 31.5 Å². The third-order valence-corrected chi connectivity index (χ3v) is 2.37. The highest BCUT2D eigenvalue weighted by molar-refractivity contribution is 5.69. The molecule has 0 aromatic carbocycles. The van der Waals surface area contributed by atoms with Crippen molar-refractivity contribution in [3.8, 4) is 0 Å². The summed E-state index contributed by atoms with van der Waals surface area (Å²) < 4.78 is 1.61. The Hall–Kier alpha value is -1.46. The quantitative estimate of drug-likeness (QED) is 0.747. The monoisotopic (exact) mass is 196 g/mol. The molecule has 1 aromatic rings. The first-order valence-corrected chi connectivity index (χ1v) is 4.67. The molecule has 0 bridgehead atoms. The van der Waals surface area contributed by atoms with E-state index in [0.29, 0.717) is 12.5 Å². The van der Waals surface area contributed by atoms with Gasteiger partial charge in [-0.15, -0.1) is 5.10 Å². The fourth-order valence-electron chi connectivity index (χ4n) is 1.31. The molecule has 1 N–H and O–H groups in total. The average molecular weight is 196 g/mol. The number of rotatable bonds is 4. The van der Waals surface area contributed by atoms with Gasteiger partial charge in [-0.2, -0.15) is 0 Å². The summed E-state index contributed by atoms with van der Waals surface area (Å²) in [6, 6.07) is 0. The number of hydrogen-bond donors (Lipinski definition) is 1. The maximum atomic E-state index is 10.6. The number of carboxylic acid groups (broad SMARTS) is 1. The van der Waals surface area contributed by atoms with Gasteiger partial charge in [-0.05, 0) is 23.3 Å². The fourth-order valence-corrected chi connectivity index (χ4v) is 1.31. The van der Waals surface area contributed by atoms with Crippen LogP contribution in [0, 0.1) is 5.92 Å². The van der Waals surface area contributed by atoms with Crippen molar-refractivity contribution in [3.05, 3.63) is 5.82 Å². The summed E-state index contributed by atoms with van der Waals surface area (Å²) in [5, 5.41) is 20.0. The van der Waals surface area contributed by atoms with Crippen molar-refractivity contribution in [2.24, 2.45) is 5.92 Å². The van der Waals surface area contributed by atoms with E-state index in [2.05, 4.69) is 15.5 Å². The minimum Gasteiger partial charge on any atom is -0.481 e. The standard InChI is InChI=1S/C8H12N4O2/c1-5(8(13)14)4-12-7(6-2-3-6)9-10-11-12/h5-6H,2-4H2,1H3,(H,13,14). The molecule has 0 radical (unpaired) electrons. The molecule has 76 valence electrons. The molecule has 14 heavy (non-hydrogen) atoms. The molecule has 1 aromatic heterocycles. The Kier molecular flexibility index (Phi) is 2.18. The first kappa shape index (κ1) is 9.11. The zero-order valence-electron chi connectivity index (χ0n) is 7.92. The summed E-state index contributed by atoms with van der Waals surface area (Å²) in [5.74, 6) is 0.0161. The van der Waals surface area contributed by atoms with Crippen LogP contribution in [0.25, 0.3) is 0 Å². The second-order valence-corrected chi connectivity index (χ2v) is 3.73. The van der Waals surface area contributed by atoms with Gasteiger partial charge in [0.2, 0.25) is 0 Å². The normalized spacial score (nSPS) is 18.1. The molecule has 1 atom stereocenters. The molecule has 0 saturated heterocycles. The van der Waals surface area contributed by atoms with E-state index in [1.54, 1.807) is 11.6 Å². The van der Waals surface area contributed by atoms with E-state index in [-0.39, 0.29) is 0 Å². The van der Waals surface area contributed by atoms with Gasteiger partial charge >= 0.3 is 5.97 Å². The van der Waals surface area contributed by atoms with Gasteiger partial charge in [0.25, 0.3) is 0 Å². The van der Waals surface area contributed by atoms with Crippen molar-refractivity contribution >= 4 is 5.97 Å². The molecule has 0 spiro atoms. The SMILES string of the molecule is CC(Cn1nnnc1C1CC1)C(=O)O. The Morgan fingerprint density at radius 1 is 1.71 bits per heavy atom. The number of hydrogen-bond acceptors (Lipinski definition) is 4. The molecule has 6 nitrogen and oxygen atoms in total. The van der Waals surface area contributed by atoms with Crippen LogP contribution >= 0.6 is 0 Å². The van der Waals surface area contributed by atoms with Crippen LogP contribution in [0.15, 0.2) is 0 Å². The van der Waals surface area contributed by atoms with Crippen molar-refractivity contribution in [1.29, 1.82) is 0 Å². The second kappa shape index (κ2) is 3.36. The van der Waals surface area contributed by atoms with E-state index in [4.69, 9.17) is 5.11 Å². The lowest BCUT2D eigenvalue weighted by molar-refractivity contribution is -0.141. The molecular weight excluding hydrogens is 184 g/mol. The van der Waals surface area contributed by atoms with Crippen molar-refractivity contribution in [1.82, 2.24) is 20.2 Å². The van der Waals surface area contributed by atoms with Gasteiger partial charge < -0.3 is 5.11 Å². The lowest BCUT2D eigenvalue weighted by Crippen LogP contribution is -2.19. The molecule has 2 rings (SSSR count). The number of carboxylic acids is 1. The van der Waals surface area contributed by atoms with Crippen LogP contribution in [0.4, 0.5) is 0 Å². The molecule has 1 unspecified atom stereocenters. The predicted octanol–water partition coefficient (Wildman–Crippen LogP) is 0.271. The summed E-state index contributed by atoms with van der Waals surface area (Å²) in [7, 11) is 0. The van der Waals surface area contributed by atoms with E-state index in [0.717, 1.165) is 18.7 Å². The predicted molar refractivity (Wildman–Crippen MR) is 46.6 cm³/mol. The molecule has 1 aliphatic rings. The van der Waals surface area contributed by atoms with E-state index in [1.807, 2.05) is 0 Å². The first-order valence-electron chi connectivity index (χ1n) is 4.67. The summed E-state index contributed by atoms with van der Waals surface area (Å²) in [5.41, 5.74) is 0. The Morgan fingerprint density at radius 3 is 3.00 bits per heavy atom. The average Bonchev–Trinajstić information content (AvgIpc) is 2.88. The molecule has 1 heterocycles. The molecule has 1 fully saturated rings. The molecule has 0 amide bonds. The first-order chi connectivity index (χ1) is 6.68.